The van der Waals surface area contributed by atoms with Gasteiger partial charge in [-0.05, 0) is 19.4 Å². The van der Waals surface area contributed by atoms with Crippen molar-refractivity contribution in [1.29, 1.82) is 0 Å². The standard InChI is InChI=1S/C18H23N3O3/c1-4-14-17(12(2)24-20-14)18(22)21-10-9-19-11-15(21)13-7-5-6-8-16(13)23-3/h5-8,15,19H,4,9-11H2,1-3H3. The van der Waals surface area contributed by atoms with Gasteiger partial charge in [0.25, 0.3) is 5.91 Å². The predicted octanol–water partition coefficient (Wildman–Crippen LogP) is 2.34. The number of methoxy groups -OCH3 is 1. The van der Waals surface area contributed by atoms with Gasteiger partial charge in [0, 0.05) is 25.2 Å². The van der Waals surface area contributed by atoms with E-state index in [4.69, 9.17) is 9.26 Å². The number of nitrogens with one attached hydrogen (secondary N) is 1. The summed E-state index contributed by atoms with van der Waals surface area (Å²) < 4.78 is 10.7. The summed E-state index contributed by atoms with van der Waals surface area (Å²) >= 11 is 0. The van der Waals surface area contributed by atoms with E-state index < -0.39 is 0 Å². The van der Waals surface area contributed by atoms with Crippen LogP contribution in [0, 0.1) is 6.92 Å². The Kier molecular flexibility index (Phi) is 4.85. The molecule has 6 nitrogen and oxygen atoms in total. The maximum Gasteiger partial charge on any atom is 0.259 e. The van der Waals surface area contributed by atoms with Crippen LogP contribution in [0.15, 0.2) is 28.8 Å². The highest BCUT2D eigenvalue weighted by Gasteiger charge is 2.33. The van der Waals surface area contributed by atoms with Crippen molar-refractivity contribution in [1.82, 2.24) is 15.4 Å². The van der Waals surface area contributed by atoms with Gasteiger partial charge >= 0.3 is 0 Å². The number of piperazine rings is 1. The van der Waals surface area contributed by atoms with E-state index in [9.17, 15) is 4.79 Å². The molecule has 0 bridgehead atoms. The summed E-state index contributed by atoms with van der Waals surface area (Å²) in [4.78, 5) is 15.1. The summed E-state index contributed by atoms with van der Waals surface area (Å²) in [6, 6.07) is 7.76. The van der Waals surface area contributed by atoms with E-state index >= 15 is 0 Å². The summed E-state index contributed by atoms with van der Waals surface area (Å²) in [5.41, 5.74) is 2.32. The first-order valence-electron chi connectivity index (χ1n) is 8.27. The van der Waals surface area contributed by atoms with E-state index in [1.54, 1.807) is 14.0 Å². The molecule has 3 rings (SSSR count). The van der Waals surface area contributed by atoms with E-state index in [0.29, 0.717) is 30.8 Å². The average Bonchev–Trinajstić information content (AvgIpc) is 3.01. The Bertz CT molecular complexity index is 726. The molecule has 0 radical (unpaired) electrons. The number of carbonyl (C=O) groups excluding carboxylic acids is 1. The highest BCUT2D eigenvalue weighted by Crippen LogP contribution is 2.32. The molecule has 1 aromatic carbocycles. The van der Waals surface area contributed by atoms with Crippen molar-refractivity contribution in [3.63, 3.8) is 0 Å². The first-order chi connectivity index (χ1) is 11.7. The molecule has 1 amide bonds. The van der Waals surface area contributed by atoms with Crippen LogP contribution in [0.4, 0.5) is 0 Å². The third-order valence-electron chi connectivity index (χ3n) is 4.48. The van der Waals surface area contributed by atoms with Crippen molar-refractivity contribution >= 4 is 5.91 Å². The summed E-state index contributed by atoms with van der Waals surface area (Å²) in [5.74, 6) is 1.35. The maximum absolute atomic E-state index is 13.2. The summed E-state index contributed by atoms with van der Waals surface area (Å²) in [6.07, 6.45) is 0.670. The molecule has 0 spiro atoms. The predicted molar refractivity (Wildman–Crippen MR) is 90.3 cm³/mol. The number of ether oxygens (including phenoxy) is 1. The van der Waals surface area contributed by atoms with E-state index in [-0.39, 0.29) is 11.9 Å². The Morgan fingerprint density at radius 1 is 1.46 bits per heavy atom. The van der Waals surface area contributed by atoms with E-state index in [0.717, 1.165) is 23.6 Å². The molecule has 0 aliphatic carbocycles. The van der Waals surface area contributed by atoms with Crippen LogP contribution in [-0.4, -0.2) is 42.7 Å². The number of para-hydroxylation sites is 1. The van der Waals surface area contributed by atoms with Gasteiger partial charge in [0.15, 0.2) is 0 Å². The second kappa shape index (κ2) is 7.05. The number of benzene rings is 1. The monoisotopic (exact) mass is 329 g/mol. The minimum absolute atomic E-state index is 0.0250. The zero-order valence-corrected chi connectivity index (χ0v) is 14.3. The van der Waals surface area contributed by atoms with Crippen LogP contribution in [0.25, 0.3) is 0 Å². The summed E-state index contributed by atoms with van der Waals surface area (Å²) in [5, 5.41) is 7.39. The number of hydrogen-bond donors (Lipinski definition) is 1. The van der Waals surface area contributed by atoms with Crippen molar-refractivity contribution in [3.05, 3.63) is 46.8 Å². The van der Waals surface area contributed by atoms with Gasteiger partial charge in [-0.15, -0.1) is 0 Å². The molecule has 128 valence electrons. The van der Waals surface area contributed by atoms with Crippen LogP contribution in [0.1, 0.15) is 40.3 Å². The quantitative estimate of drug-likeness (QED) is 0.932. The molecule has 0 saturated carbocycles. The van der Waals surface area contributed by atoms with Gasteiger partial charge in [-0.3, -0.25) is 4.79 Å². The normalized spacial score (nSPS) is 17.8. The molecule has 1 aliphatic heterocycles. The lowest BCUT2D eigenvalue weighted by Gasteiger charge is -2.37. The van der Waals surface area contributed by atoms with Crippen molar-refractivity contribution in [3.8, 4) is 5.75 Å². The van der Waals surface area contributed by atoms with Gasteiger partial charge in [0.1, 0.15) is 17.1 Å². The van der Waals surface area contributed by atoms with Crippen LogP contribution < -0.4 is 10.1 Å². The Balaban J connectivity index is 1.98. The third-order valence-corrected chi connectivity index (χ3v) is 4.48. The first kappa shape index (κ1) is 16.5. The van der Waals surface area contributed by atoms with Gasteiger partial charge in [0.05, 0.1) is 18.8 Å². The molecular weight excluding hydrogens is 306 g/mol. The molecule has 1 aromatic heterocycles. The van der Waals surface area contributed by atoms with Crippen LogP contribution >= 0.6 is 0 Å². The van der Waals surface area contributed by atoms with Gasteiger partial charge in [-0.25, -0.2) is 0 Å². The van der Waals surface area contributed by atoms with Gasteiger partial charge in [-0.1, -0.05) is 30.3 Å². The molecule has 1 fully saturated rings. The molecule has 1 aliphatic rings. The number of nitrogens with zero attached hydrogens (tertiary/aromatic N) is 2. The highest BCUT2D eigenvalue weighted by molar-refractivity contribution is 5.96. The lowest BCUT2D eigenvalue weighted by Crippen LogP contribution is -2.49. The van der Waals surface area contributed by atoms with Crippen LogP contribution in [0.2, 0.25) is 0 Å². The summed E-state index contributed by atoms with van der Waals surface area (Å²) in [7, 11) is 1.65. The summed E-state index contributed by atoms with van der Waals surface area (Å²) in [6.45, 7) is 5.86. The fraction of sp³-hybridized carbons (Fsp3) is 0.444. The smallest absolute Gasteiger partial charge is 0.259 e. The highest BCUT2D eigenvalue weighted by atomic mass is 16.5. The Hall–Kier alpha value is -2.34. The SMILES string of the molecule is CCc1noc(C)c1C(=O)N1CCNCC1c1ccccc1OC. The van der Waals surface area contributed by atoms with E-state index in [1.165, 1.54) is 0 Å². The second-order valence-electron chi connectivity index (χ2n) is 5.87. The molecule has 24 heavy (non-hydrogen) atoms. The second-order valence-corrected chi connectivity index (χ2v) is 5.87. The molecule has 2 aromatic rings. The Labute approximate surface area is 141 Å². The molecule has 1 saturated heterocycles. The minimum Gasteiger partial charge on any atom is -0.496 e. The number of aryl methyl sites for hydroxylation is 2. The van der Waals surface area contributed by atoms with Crippen molar-refractivity contribution < 1.29 is 14.1 Å². The number of aromatic nitrogens is 1. The number of amides is 1. The minimum atomic E-state index is -0.0820. The van der Waals surface area contributed by atoms with Crippen molar-refractivity contribution in [2.24, 2.45) is 0 Å². The molecule has 1 N–H and O–H groups in total. The molecule has 6 heteroatoms. The largest absolute Gasteiger partial charge is 0.496 e. The van der Waals surface area contributed by atoms with E-state index in [2.05, 4.69) is 10.5 Å². The number of carbonyl (C=O) groups is 1. The van der Waals surface area contributed by atoms with Gasteiger partial charge in [-0.2, -0.15) is 0 Å². The van der Waals surface area contributed by atoms with E-state index in [1.807, 2.05) is 36.1 Å². The maximum atomic E-state index is 13.2. The van der Waals surface area contributed by atoms with Gasteiger partial charge < -0.3 is 19.5 Å². The fourth-order valence-electron chi connectivity index (χ4n) is 3.24. The van der Waals surface area contributed by atoms with Gasteiger partial charge in [0.2, 0.25) is 0 Å². The zero-order chi connectivity index (χ0) is 17.1. The lowest BCUT2D eigenvalue weighted by atomic mass is 10.00. The van der Waals surface area contributed by atoms with Crippen LogP contribution in [-0.2, 0) is 6.42 Å². The van der Waals surface area contributed by atoms with Crippen molar-refractivity contribution in [2.75, 3.05) is 26.7 Å². The molecule has 2 heterocycles. The van der Waals surface area contributed by atoms with Crippen LogP contribution in [0.5, 0.6) is 5.75 Å². The average molecular weight is 329 g/mol. The topological polar surface area (TPSA) is 67.6 Å². The number of rotatable bonds is 4. The Morgan fingerprint density at radius 3 is 3.00 bits per heavy atom. The first-order valence-corrected chi connectivity index (χ1v) is 8.27. The van der Waals surface area contributed by atoms with Crippen LogP contribution in [0.3, 0.4) is 0 Å². The zero-order valence-electron chi connectivity index (χ0n) is 14.3. The lowest BCUT2D eigenvalue weighted by molar-refractivity contribution is 0.0629. The Morgan fingerprint density at radius 2 is 2.25 bits per heavy atom. The van der Waals surface area contributed by atoms with Crippen molar-refractivity contribution in [2.45, 2.75) is 26.3 Å². The fourth-order valence-corrected chi connectivity index (χ4v) is 3.24. The number of hydrogen-bond acceptors (Lipinski definition) is 5. The molecule has 1 atom stereocenters. The third kappa shape index (κ3) is 2.89. The molecular formula is C18H23N3O3. The molecule has 1 unspecified atom stereocenters.